The number of amides is 3. The zero-order chi connectivity index (χ0) is 25.4. The van der Waals surface area contributed by atoms with Gasteiger partial charge in [0.25, 0.3) is 0 Å². The Morgan fingerprint density at radius 2 is 1.76 bits per heavy atom. The average Bonchev–Trinajstić information content (AvgIpc) is 2.65. The van der Waals surface area contributed by atoms with Gasteiger partial charge in [0.2, 0.25) is 11.8 Å². The van der Waals surface area contributed by atoms with Crippen molar-refractivity contribution in [2.24, 2.45) is 0 Å². The van der Waals surface area contributed by atoms with E-state index in [4.69, 9.17) is 4.74 Å². The minimum atomic E-state index is -0.821. The number of alkyl carbamates (subject to hydrolysis) is 1. The van der Waals surface area contributed by atoms with E-state index < -0.39 is 29.3 Å². The number of hydrogen-bond acceptors (Lipinski definition) is 5. The molecule has 0 fully saturated rings. The van der Waals surface area contributed by atoms with Crippen LogP contribution in [0.5, 0.6) is 0 Å². The number of ether oxygens (including phenoxy) is 1. The molecule has 0 saturated heterocycles. The van der Waals surface area contributed by atoms with Crippen LogP contribution in [0.4, 0.5) is 4.79 Å². The fourth-order valence-corrected chi connectivity index (χ4v) is 3.83. The van der Waals surface area contributed by atoms with Crippen LogP contribution < -0.4 is 10.6 Å². The third-order valence-electron chi connectivity index (χ3n) is 4.64. The van der Waals surface area contributed by atoms with Crippen LogP contribution in [-0.4, -0.2) is 58.5 Å². The molecule has 0 aliphatic carbocycles. The van der Waals surface area contributed by atoms with E-state index in [9.17, 15) is 14.4 Å². The number of rotatable bonds is 9. The number of thioether (sulfide) groups is 1. The zero-order valence-electron chi connectivity index (χ0n) is 21.6. The molecule has 8 heteroatoms. The molecule has 0 saturated carbocycles. The minimum absolute atomic E-state index is 0.260. The fraction of sp³-hybridized carbons (Fsp3) is 0.640. The Bertz CT molecular complexity index is 815. The van der Waals surface area contributed by atoms with Gasteiger partial charge in [0.15, 0.2) is 0 Å². The Labute approximate surface area is 203 Å². The van der Waals surface area contributed by atoms with Crippen molar-refractivity contribution >= 4 is 29.7 Å². The first-order valence-electron chi connectivity index (χ1n) is 11.4. The summed E-state index contributed by atoms with van der Waals surface area (Å²) in [5.74, 6) is 0.102. The molecule has 0 aliphatic rings. The summed E-state index contributed by atoms with van der Waals surface area (Å²) in [5.41, 5.74) is 0.579. The van der Waals surface area contributed by atoms with Gasteiger partial charge in [-0.2, -0.15) is 11.8 Å². The van der Waals surface area contributed by atoms with E-state index >= 15 is 0 Å². The molecule has 186 valence electrons. The largest absolute Gasteiger partial charge is 0.444 e. The van der Waals surface area contributed by atoms with Crippen molar-refractivity contribution in [1.29, 1.82) is 0 Å². The van der Waals surface area contributed by atoms with Gasteiger partial charge in [-0.3, -0.25) is 9.59 Å². The number of carbonyl (C=O) groups is 3. The van der Waals surface area contributed by atoms with Gasteiger partial charge < -0.3 is 20.3 Å². The Hall–Kier alpha value is -2.22. The third kappa shape index (κ3) is 10.1. The summed E-state index contributed by atoms with van der Waals surface area (Å²) in [6, 6.07) is 5.98. The number of nitrogens with one attached hydrogen (secondary N) is 2. The van der Waals surface area contributed by atoms with E-state index in [-0.39, 0.29) is 11.8 Å². The summed E-state index contributed by atoms with van der Waals surface area (Å²) >= 11 is 1.59. The first-order chi connectivity index (χ1) is 15.2. The second-order valence-corrected chi connectivity index (χ2v) is 11.1. The molecule has 1 aromatic carbocycles. The molecule has 0 radical (unpaired) electrons. The van der Waals surface area contributed by atoms with Gasteiger partial charge in [-0.15, -0.1) is 0 Å². The molecular formula is C25H41N3O4S. The van der Waals surface area contributed by atoms with Crippen LogP contribution in [-0.2, 0) is 14.3 Å². The van der Waals surface area contributed by atoms with Gasteiger partial charge in [-0.25, -0.2) is 4.79 Å². The lowest BCUT2D eigenvalue weighted by molar-refractivity contribution is -0.142. The highest BCUT2D eigenvalue weighted by molar-refractivity contribution is 7.98. The Balaban J connectivity index is 3.35. The molecule has 7 nitrogen and oxygen atoms in total. The molecule has 0 aliphatic heterocycles. The average molecular weight is 480 g/mol. The van der Waals surface area contributed by atoms with E-state index in [0.717, 1.165) is 11.1 Å². The van der Waals surface area contributed by atoms with E-state index in [1.54, 1.807) is 32.5 Å². The lowest BCUT2D eigenvalue weighted by atomic mass is 9.99. The van der Waals surface area contributed by atoms with Gasteiger partial charge in [0.05, 0.1) is 0 Å². The topological polar surface area (TPSA) is 87.7 Å². The van der Waals surface area contributed by atoms with Crippen molar-refractivity contribution < 1.29 is 19.1 Å². The predicted molar refractivity (Wildman–Crippen MR) is 135 cm³/mol. The van der Waals surface area contributed by atoms with Crippen LogP contribution in [0.1, 0.15) is 72.1 Å². The molecule has 0 aromatic heterocycles. The highest BCUT2D eigenvalue weighted by Crippen LogP contribution is 2.25. The smallest absolute Gasteiger partial charge is 0.408 e. The summed E-state index contributed by atoms with van der Waals surface area (Å²) in [6.45, 7) is 15.1. The highest BCUT2D eigenvalue weighted by atomic mass is 32.2. The number of hydrogen-bond donors (Lipinski definition) is 2. The van der Waals surface area contributed by atoms with Crippen molar-refractivity contribution in [2.45, 2.75) is 85.0 Å². The second-order valence-electron chi connectivity index (χ2n) is 10.2. The molecule has 1 rings (SSSR count). The Morgan fingerprint density at radius 1 is 1.12 bits per heavy atom. The Kier molecular flexibility index (Phi) is 10.7. The summed E-state index contributed by atoms with van der Waals surface area (Å²) in [7, 11) is 0. The Morgan fingerprint density at radius 3 is 2.24 bits per heavy atom. The quantitative estimate of drug-likeness (QED) is 0.546. The van der Waals surface area contributed by atoms with Crippen LogP contribution in [0.15, 0.2) is 24.3 Å². The van der Waals surface area contributed by atoms with Crippen molar-refractivity contribution in [2.75, 3.05) is 18.6 Å². The maximum absolute atomic E-state index is 13.7. The van der Waals surface area contributed by atoms with Crippen LogP contribution in [0.25, 0.3) is 0 Å². The first kappa shape index (κ1) is 28.8. The normalized spacial score (nSPS) is 13.6. The minimum Gasteiger partial charge on any atom is -0.444 e. The van der Waals surface area contributed by atoms with Crippen LogP contribution >= 0.6 is 11.8 Å². The fourth-order valence-electron chi connectivity index (χ4n) is 3.36. The SMILES string of the molecule is CCN(C(=O)C(CCSC)NC(=O)OC(C)(C)C)C(C(=O)NC(C)(C)C)c1cccc(C)c1. The van der Waals surface area contributed by atoms with E-state index in [1.165, 1.54) is 4.90 Å². The van der Waals surface area contributed by atoms with Crippen molar-refractivity contribution in [3.63, 3.8) is 0 Å². The molecule has 0 heterocycles. The lowest BCUT2D eigenvalue weighted by Gasteiger charge is -2.35. The molecule has 2 atom stereocenters. The van der Waals surface area contributed by atoms with Crippen LogP contribution in [0.3, 0.4) is 0 Å². The number of likely N-dealkylation sites (N-methyl/N-ethyl adjacent to an activating group) is 1. The van der Waals surface area contributed by atoms with Crippen molar-refractivity contribution in [3.05, 3.63) is 35.4 Å². The number of benzene rings is 1. The van der Waals surface area contributed by atoms with E-state index in [0.29, 0.717) is 18.7 Å². The van der Waals surface area contributed by atoms with E-state index in [2.05, 4.69) is 10.6 Å². The molecular weight excluding hydrogens is 438 g/mol. The van der Waals surface area contributed by atoms with Crippen LogP contribution in [0.2, 0.25) is 0 Å². The third-order valence-corrected chi connectivity index (χ3v) is 5.28. The maximum atomic E-state index is 13.7. The molecule has 2 unspecified atom stereocenters. The van der Waals surface area contributed by atoms with Crippen molar-refractivity contribution in [3.8, 4) is 0 Å². The predicted octanol–water partition coefficient (Wildman–Crippen LogP) is 4.45. The standard InChI is InChI=1S/C25H41N3O4S/c1-10-28(22(30)19(14-15-33-9)26-23(31)32-25(6,7)8)20(21(29)27-24(3,4)5)18-13-11-12-17(2)16-18/h11-13,16,19-20H,10,14-15H2,1-9H3,(H,26,31)(H,27,29). The number of aryl methyl sites for hydroxylation is 1. The zero-order valence-corrected chi connectivity index (χ0v) is 22.4. The summed E-state index contributed by atoms with van der Waals surface area (Å²) < 4.78 is 5.38. The van der Waals surface area contributed by atoms with Gasteiger partial charge in [0, 0.05) is 12.1 Å². The number of nitrogens with zero attached hydrogens (tertiary/aromatic N) is 1. The lowest BCUT2D eigenvalue weighted by Crippen LogP contribution is -2.54. The molecule has 2 N–H and O–H groups in total. The van der Waals surface area contributed by atoms with Crippen LogP contribution in [0, 0.1) is 6.92 Å². The van der Waals surface area contributed by atoms with Gasteiger partial charge in [-0.1, -0.05) is 29.8 Å². The second kappa shape index (κ2) is 12.3. The van der Waals surface area contributed by atoms with Gasteiger partial charge in [0.1, 0.15) is 17.7 Å². The molecule has 0 spiro atoms. The molecule has 3 amide bonds. The highest BCUT2D eigenvalue weighted by Gasteiger charge is 2.36. The first-order valence-corrected chi connectivity index (χ1v) is 12.8. The molecule has 33 heavy (non-hydrogen) atoms. The molecule has 1 aromatic rings. The maximum Gasteiger partial charge on any atom is 0.408 e. The summed E-state index contributed by atoms with van der Waals surface area (Å²) in [4.78, 5) is 41.1. The van der Waals surface area contributed by atoms with Gasteiger partial charge in [-0.05, 0) is 79.4 Å². The molecule has 0 bridgehead atoms. The van der Waals surface area contributed by atoms with E-state index in [1.807, 2.05) is 65.1 Å². The monoisotopic (exact) mass is 479 g/mol. The van der Waals surface area contributed by atoms with Crippen molar-refractivity contribution in [1.82, 2.24) is 15.5 Å². The van der Waals surface area contributed by atoms with Gasteiger partial charge >= 0.3 is 6.09 Å². The summed E-state index contributed by atoms with van der Waals surface area (Å²) in [5, 5.41) is 5.74. The summed E-state index contributed by atoms with van der Waals surface area (Å²) in [6.07, 6.45) is 1.72. The number of carbonyl (C=O) groups excluding carboxylic acids is 3.